The molecule has 0 aliphatic carbocycles. The molecule has 0 bridgehead atoms. The lowest BCUT2D eigenvalue weighted by Crippen LogP contribution is -2.19. The molecule has 0 radical (unpaired) electrons. The van der Waals surface area contributed by atoms with Crippen molar-refractivity contribution in [1.29, 1.82) is 0 Å². The number of ether oxygens (including phenoxy) is 1. The van der Waals surface area contributed by atoms with Gasteiger partial charge in [0.05, 0.1) is 6.10 Å². The molecule has 2 N–H and O–H groups in total. The number of carbonyl (C=O) groups excluding carboxylic acids is 1. The maximum absolute atomic E-state index is 11.9. The van der Waals surface area contributed by atoms with Gasteiger partial charge >= 0.3 is 6.03 Å². The van der Waals surface area contributed by atoms with Crippen molar-refractivity contribution in [1.82, 2.24) is 0 Å². The monoisotopic (exact) mass is 284 g/mol. The van der Waals surface area contributed by atoms with Gasteiger partial charge in [-0.2, -0.15) is 0 Å². The Hall–Kier alpha value is -2.49. The second kappa shape index (κ2) is 6.79. The van der Waals surface area contributed by atoms with Crippen molar-refractivity contribution < 1.29 is 9.53 Å². The van der Waals surface area contributed by atoms with Gasteiger partial charge in [-0.3, -0.25) is 0 Å². The summed E-state index contributed by atoms with van der Waals surface area (Å²) in [4.78, 5) is 11.9. The molecule has 0 spiro atoms. The largest absolute Gasteiger partial charge is 0.491 e. The van der Waals surface area contributed by atoms with Crippen LogP contribution in [0.3, 0.4) is 0 Å². The molecule has 0 unspecified atom stereocenters. The van der Waals surface area contributed by atoms with Crippen molar-refractivity contribution in [2.24, 2.45) is 0 Å². The highest BCUT2D eigenvalue weighted by Gasteiger charge is 2.04. The fourth-order valence-corrected chi connectivity index (χ4v) is 1.85. The van der Waals surface area contributed by atoms with E-state index in [1.54, 1.807) is 6.07 Å². The first-order chi connectivity index (χ1) is 10.0. The normalized spacial score (nSPS) is 10.3. The zero-order valence-corrected chi connectivity index (χ0v) is 12.5. The van der Waals surface area contributed by atoms with Gasteiger partial charge in [0.2, 0.25) is 0 Å². The zero-order chi connectivity index (χ0) is 15.2. The Morgan fingerprint density at radius 1 is 1.00 bits per heavy atom. The van der Waals surface area contributed by atoms with Crippen LogP contribution in [-0.4, -0.2) is 12.1 Å². The van der Waals surface area contributed by atoms with Crippen molar-refractivity contribution >= 4 is 17.4 Å². The number of urea groups is 1. The van der Waals surface area contributed by atoms with E-state index in [-0.39, 0.29) is 12.1 Å². The molecule has 0 saturated heterocycles. The van der Waals surface area contributed by atoms with Crippen LogP contribution in [0, 0.1) is 6.92 Å². The number of carbonyl (C=O) groups is 1. The van der Waals surface area contributed by atoms with Crippen LogP contribution in [0.1, 0.15) is 19.4 Å². The number of hydrogen-bond acceptors (Lipinski definition) is 2. The molecule has 2 aromatic rings. The van der Waals surface area contributed by atoms with Gasteiger partial charge in [0.15, 0.2) is 0 Å². The minimum Gasteiger partial charge on any atom is -0.491 e. The van der Waals surface area contributed by atoms with E-state index in [0.29, 0.717) is 5.69 Å². The molecule has 0 aliphatic heterocycles. The summed E-state index contributed by atoms with van der Waals surface area (Å²) in [6.07, 6.45) is 0.0987. The lowest BCUT2D eigenvalue weighted by atomic mass is 10.2. The summed E-state index contributed by atoms with van der Waals surface area (Å²) in [5, 5.41) is 5.58. The molecule has 4 nitrogen and oxygen atoms in total. The number of nitrogens with one attached hydrogen (secondary N) is 2. The molecule has 2 amide bonds. The molecule has 21 heavy (non-hydrogen) atoms. The van der Waals surface area contributed by atoms with Crippen LogP contribution in [0.15, 0.2) is 48.5 Å². The Kier molecular flexibility index (Phi) is 4.82. The summed E-state index contributed by atoms with van der Waals surface area (Å²) in [7, 11) is 0. The third-order valence-electron chi connectivity index (χ3n) is 2.77. The van der Waals surface area contributed by atoms with Crippen molar-refractivity contribution in [3.8, 4) is 5.75 Å². The highest BCUT2D eigenvalue weighted by molar-refractivity contribution is 5.99. The fraction of sp³-hybridized carbons (Fsp3) is 0.235. The molecule has 0 aromatic heterocycles. The first-order valence-electron chi connectivity index (χ1n) is 6.94. The van der Waals surface area contributed by atoms with Crippen LogP contribution < -0.4 is 15.4 Å². The third kappa shape index (κ3) is 4.84. The minimum absolute atomic E-state index is 0.0987. The predicted octanol–water partition coefficient (Wildman–Crippen LogP) is 4.43. The molecule has 4 heteroatoms. The van der Waals surface area contributed by atoms with E-state index < -0.39 is 0 Å². The summed E-state index contributed by atoms with van der Waals surface area (Å²) >= 11 is 0. The molecule has 0 fully saturated rings. The number of hydrogen-bond donors (Lipinski definition) is 2. The SMILES string of the molecule is Cc1ccc(NC(=O)Nc2cccc(OC(C)C)c2)cc1. The van der Waals surface area contributed by atoms with Crippen LogP contribution in [0.2, 0.25) is 0 Å². The van der Waals surface area contributed by atoms with Crippen LogP contribution in [0.25, 0.3) is 0 Å². The van der Waals surface area contributed by atoms with Crippen molar-refractivity contribution in [3.05, 3.63) is 54.1 Å². The highest BCUT2D eigenvalue weighted by atomic mass is 16.5. The van der Waals surface area contributed by atoms with Gasteiger partial charge in [0.1, 0.15) is 5.75 Å². The third-order valence-corrected chi connectivity index (χ3v) is 2.77. The smallest absolute Gasteiger partial charge is 0.323 e. The Bertz CT molecular complexity index is 606. The van der Waals surface area contributed by atoms with Crippen LogP contribution in [-0.2, 0) is 0 Å². The van der Waals surface area contributed by atoms with Gasteiger partial charge in [-0.1, -0.05) is 23.8 Å². The lowest BCUT2D eigenvalue weighted by molar-refractivity contribution is 0.242. The fourth-order valence-electron chi connectivity index (χ4n) is 1.85. The zero-order valence-electron chi connectivity index (χ0n) is 12.5. The van der Waals surface area contributed by atoms with E-state index in [1.807, 2.05) is 63.2 Å². The number of benzene rings is 2. The molecule has 0 aliphatic rings. The predicted molar refractivity (Wildman–Crippen MR) is 86.0 cm³/mol. The Balaban J connectivity index is 1.97. The van der Waals surface area contributed by atoms with E-state index >= 15 is 0 Å². The molecule has 0 saturated carbocycles. The maximum atomic E-state index is 11.9. The molecular formula is C17H20N2O2. The summed E-state index contributed by atoms with van der Waals surface area (Å²) in [5.41, 5.74) is 2.60. The van der Waals surface area contributed by atoms with Gasteiger partial charge < -0.3 is 15.4 Å². The van der Waals surface area contributed by atoms with Crippen molar-refractivity contribution in [2.75, 3.05) is 10.6 Å². The number of anilines is 2. The molecule has 2 rings (SSSR count). The second-order valence-corrected chi connectivity index (χ2v) is 5.14. The van der Waals surface area contributed by atoms with Gasteiger partial charge in [-0.15, -0.1) is 0 Å². The van der Waals surface area contributed by atoms with Crippen molar-refractivity contribution in [2.45, 2.75) is 26.9 Å². The summed E-state index contributed by atoms with van der Waals surface area (Å²) < 4.78 is 5.60. The standard InChI is InChI=1S/C17H20N2O2/c1-12(2)21-16-6-4-5-15(11-16)19-17(20)18-14-9-7-13(3)8-10-14/h4-12H,1-3H3,(H2,18,19,20). The van der Waals surface area contributed by atoms with Crippen molar-refractivity contribution in [3.63, 3.8) is 0 Å². The van der Waals surface area contributed by atoms with E-state index in [2.05, 4.69) is 10.6 Å². The van der Waals surface area contributed by atoms with Crippen LogP contribution in [0.4, 0.5) is 16.2 Å². The molecular weight excluding hydrogens is 264 g/mol. The summed E-state index contributed by atoms with van der Waals surface area (Å²) in [6, 6.07) is 14.7. The molecule has 0 atom stereocenters. The van der Waals surface area contributed by atoms with Gasteiger partial charge in [0.25, 0.3) is 0 Å². The van der Waals surface area contributed by atoms with Gasteiger partial charge in [0, 0.05) is 17.4 Å². The van der Waals surface area contributed by atoms with Crippen LogP contribution in [0.5, 0.6) is 5.75 Å². The minimum atomic E-state index is -0.277. The topological polar surface area (TPSA) is 50.4 Å². The average Bonchev–Trinajstić information content (AvgIpc) is 2.41. The van der Waals surface area contributed by atoms with E-state index in [9.17, 15) is 4.79 Å². The average molecular weight is 284 g/mol. The van der Waals surface area contributed by atoms with E-state index in [4.69, 9.17) is 4.74 Å². The summed E-state index contributed by atoms with van der Waals surface area (Å²) in [6.45, 7) is 5.93. The van der Waals surface area contributed by atoms with Crippen LogP contribution >= 0.6 is 0 Å². The Morgan fingerprint density at radius 3 is 2.33 bits per heavy atom. The number of aryl methyl sites for hydroxylation is 1. The lowest BCUT2D eigenvalue weighted by Gasteiger charge is -2.12. The van der Waals surface area contributed by atoms with E-state index in [1.165, 1.54) is 0 Å². The Morgan fingerprint density at radius 2 is 1.67 bits per heavy atom. The number of amides is 2. The second-order valence-electron chi connectivity index (χ2n) is 5.14. The maximum Gasteiger partial charge on any atom is 0.323 e. The summed E-state index contributed by atoms with van der Waals surface area (Å²) in [5.74, 6) is 0.734. The first-order valence-corrected chi connectivity index (χ1v) is 6.94. The quantitative estimate of drug-likeness (QED) is 0.872. The molecule has 2 aromatic carbocycles. The molecule has 110 valence electrons. The van der Waals surface area contributed by atoms with Gasteiger partial charge in [-0.05, 0) is 45.0 Å². The number of rotatable bonds is 4. The van der Waals surface area contributed by atoms with Gasteiger partial charge in [-0.25, -0.2) is 4.79 Å². The van der Waals surface area contributed by atoms with E-state index in [0.717, 1.165) is 17.0 Å². The molecule has 0 heterocycles. The first kappa shape index (κ1) is 14.9. The highest BCUT2D eigenvalue weighted by Crippen LogP contribution is 2.19. The Labute approximate surface area is 125 Å².